The summed E-state index contributed by atoms with van der Waals surface area (Å²) in [6.45, 7) is 10.2. The number of anilines is 4. The van der Waals surface area contributed by atoms with Crippen LogP contribution in [0, 0.1) is 0 Å². The summed E-state index contributed by atoms with van der Waals surface area (Å²) >= 11 is 6.24. The first-order valence-electron chi connectivity index (χ1n) is 13.9. The summed E-state index contributed by atoms with van der Waals surface area (Å²) in [5, 5.41) is 4.24. The number of benzene rings is 2. The molecule has 7 nitrogen and oxygen atoms in total. The molecule has 0 unspecified atom stereocenters. The van der Waals surface area contributed by atoms with Crippen LogP contribution in [0.15, 0.2) is 48.8 Å². The minimum atomic E-state index is -0.506. The van der Waals surface area contributed by atoms with E-state index < -0.39 is 5.60 Å². The van der Waals surface area contributed by atoms with E-state index in [-0.39, 0.29) is 11.5 Å². The monoisotopic (exact) mass is 545 g/mol. The maximum Gasteiger partial charge on any atom is 0.410 e. The highest BCUT2D eigenvalue weighted by molar-refractivity contribution is 6.30. The number of hydrogen-bond donors (Lipinski definition) is 1. The normalized spacial score (nSPS) is 19.7. The fourth-order valence-electron chi connectivity index (χ4n) is 6.38. The largest absolute Gasteiger partial charge is 0.444 e. The molecule has 1 spiro atoms. The lowest BCUT2D eigenvalue weighted by Gasteiger charge is -2.40. The molecule has 6 rings (SSSR count). The molecule has 1 aromatic heterocycles. The molecule has 1 aliphatic carbocycles. The smallest absolute Gasteiger partial charge is 0.410 e. The number of halogens is 1. The standard InChI is InChI=1S/C31H36ClN5O2/c1-20-8-10-25-27(20)28(34-19-33-25)37-18-31(12-14-36(15-13-31)29(38)39-30(2,3)4)24-17-23(9-11-26(24)37)35-22-7-5-6-21(32)16-22/h5-7,9,11,16-17,19-20,35H,8,10,12-15,18H2,1-4H3/t20-/m1/s1. The maximum absolute atomic E-state index is 12.9. The van der Waals surface area contributed by atoms with Gasteiger partial charge in [-0.25, -0.2) is 14.8 Å². The van der Waals surface area contributed by atoms with Gasteiger partial charge in [0.15, 0.2) is 0 Å². The quantitative estimate of drug-likeness (QED) is 0.371. The lowest BCUT2D eigenvalue weighted by Crippen LogP contribution is -2.48. The summed E-state index contributed by atoms with van der Waals surface area (Å²) in [4.78, 5) is 26.6. The number of aromatic nitrogens is 2. The van der Waals surface area contributed by atoms with Gasteiger partial charge < -0.3 is 19.9 Å². The topological polar surface area (TPSA) is 70.6 Å². The number of fused-ring (bicyclic) bond motifs is 3. The first-order valence-corrected chi connectivity index (χ1v) is 14.3. The minimum Gasteiger partial charge on any atom is -0.444 e. The zero-order valence-electron chi connectivity index (χ0n) is 23.1. The average Bonchev–Trinajstić information content (AvgIpc) is 3.42. The van der Waals surface area contributed by atoms with Crippen molar-refractivity contribution < 1.29 is 9.53 Å². The molecule has 39 heavy (non-hydrogen) atoms. The molecule has 1 fully saturated rings. The molecule has 2 aromatic carbocycles. The van der Waals surface area contributed by atoms with E-state index in [0.717, 1.165) is 49.4 Å². The van der Waals surface area contributed by atoms with E-state index in [4.69, 9.17) is 21.3 Å². The van der Waals surface area contributed by atoms with Crippen LogP contribution >= 0.6 is 11.6 Å². The fraction of sp³-hybridized carbons (Fsp3) is 0.452. The Morgan fingerprint density at radius 3 is 2.62 bits per heavy atom. The molecule has 1 saturated heterocycles. The molecule has 1 N–H and O–H groups in total. The number of aryl methyl sites for hydroxylation is 1. The van der Waals surface area contributed by atoms with E-state index in [0.29, 0.717) is 24.0 Å². The molecule has 3 heterocycles. The molecule has 1 atom stereocenters. The van der Waals surface area contributed by atoms with E-state index >= 15 is 0 Å². The lowest BCUT2D eigenvalue weighted by molar-refractivity contribution is 0.0171. The van der Waals surface area contributed by atoms with Crippen molar-refractivity contribution >= 4 is 40.6 Å². The number of carbonyl (C=O) groups is 1. The Kier molecular flexibility index (Phi) is 6.45. The zero-order valence-corrected chi connectivity index (χ0v) is 23.9. The Morgan fingerprint density at radius 2 is 1.87 bits per heavy atom. The van der Waals surface area contributed by atoms with Crippen LogP contribution < -0.4 is 10.2 Å². The van der Waals surface area contributed by atoms with Crippen molar-refractivity contribution in [3.63, 3.8) is 0 Å². The predicted molar refractivity (Wildman–Crippen MR) is 156 cm³/mol. The van der Waals surface area contributed by atoms with Gasteiger partial charge in [-0.2, -0.15) is 0 Å². The van der Waals surface area contributed by atoms with Crippen LogP contribution in [0.4, 0.5) is 27.7 Å². The Hall–Kier alpha value is -3.32. The molecular formula is C31H36ClN5O2. The first-order chi connectivity index (χ1) is 18.6. The second-order valence-corrected chi connectivity index (χ2v) is 12.6. The van der Waals surface area contributed by atoms with Crippen molar-refractivity contribution in [3.8, 4) is 0 Å². The van der Waals surface area contributed by atoms with Crippen LogP contribution in [0.25, 0.3) is 0 Å². The molecule has 0 radical (unpaired) electrons. The SMILES string of the molecule is C[C@@H]1CCc2ncnc(N3CC4(CCN(C(=O)OC(C)(C)C)CC4)c4cc(Nc5cccc(Cl)c5)ccc43)c21. The van der Waals surface area contributed by atoms with Gasteiger partial charge in [-0.15, -0.1) is 0 Å². The van der Waals surface area contributed by atoms with Crippen molar-refractivity contribution in [1.29, 1.82) is 0 Å². The Bertz CT molecular complexity index is 1410. The van der Waals surface area contributed by atoms with Gasteiger partial charge in [-0.05, 0) is 94.3 Å². The Morgan fingerprint density at radius 1 is 1.10 bits per heavy atom. The van der Waals surface area contributed by atoms with Gasteiger partial charge >= 0.3 is 6.09 Å². The van der Waals surface area contributed by atoms with Crippen LogP contribution in [-0.2, 0) is 16.6 Å². The molecular weight excluding hydrogens is 510 g/mol. The van der Waals surface area contributed by atoms with Gasteiger partial charge in [0.2, 0.25) is 0 Å². The van der Waals surface area contributed by atoms with Crippen molar-refractivity contribution in [3.05, 3.63) is 70.6 Å². The van der Waals surface area contributed by atoms with E-state index in [1.165, 1.54) is 22.5 Å². The van der Waals surface area contributed by atoms with Crippen molar-refractivity contribution in [2.75, 3.05) is 29.9 Å². The summed E-state index contributed by atoms with van der Waals surface area (Å²) in [6, 6.07) is 14.4. The molecule has 2 aliphatic heterocycles. The van der Waals surface area contributed by atoms with E-state index in [1.807, 2.05) is 49.9 Å². The van der Waals surface area contributed by atoms with Gasteiger partial charge in [0, 0.05) is 58.4 Å². The van der Waals surface area contributed by atoms with E-state index in [1.54, 1.807) is 6.33 Å². The van der Waals surface area contributed by atoms with Crippen LogP contribution in [0.1, 0.15) is 69.7 Å². The number of amides is 1. The van der Waals surface area contributed by atoms with Crippen LogP contribution in [-0.4, -0.2) is 46.2 Å². The third-order valence-corrected chi connectivity index (χ3v) is 8.55. The average molecular weight is 546 g/mol. The van der Waals surface area contributed by atoms with Gasteiger partial charge in [0.05, 0.1) is 0 Å². The number of piperidine rings is 1. The van der Waals surface area contributed by atoms with Gasteiger partial charge in [-0.1, -0.05) is 24.6 Å². The highest BCUT2D eigenvalue weighted by atomic mass is 35.5. The van der Waals surface area contributed by atoms with E-state index in [9.17, 15) is 4.79 Å². The van der Waals surface area contributed by atoms with Gasteiger partial charge in [-0.3, -0.25) is 0 Å². The molecule has 204 valence electrons. The third-order valence-electron chi connectivity index (χ3n) is 8.31. The maximum atomic E-state index is 12.9. The Labute approximate surface area is 235 Å². The first kappa shape index (κ1) is 25.9. The van der Waals surface area contributed by atoms with Crippen molar-refractivity contribution in [1.82, 2.24) is 14.9 Å². The lowest BCUT2D eigenvalue weighted by atomic mass is 9.74. The number of carbonyl (C=O) groups excluding carboxylic acids is 1. The summed E-state index contributed by atoms with van der Waals surface area (Å²) in [5.74, 6) is 1.47. The molecule has 3 aromatic rings. The number of likely N-dealkylation sites (tertiary alicyclic amines) is 1. The van der Waals surface area contributed by atoms with Crippen molar-refractivity contribution in [2.24, 2.45) is 0 Å². The number of nitrogens with one attached hydrogen (secondary N) is 1. The number of hydrogen-bond acceptors (Lipinski definition) is 6. The molecule has 0 bridgehead atoms. The predicted octanol–water partition coefficient (Wildman–Crippen LogP) is 7.34. The molecule has 1 amide bonds. The molecule has 8 heteroatoms. The second-order valence-electron chi connectivity index (χ2n) is 12.2. The summed E-state index contributed by atoms with van der Waals surface area (Å²) in [7, 11) is 0. The second kappa shape index (κ2) is 9.70. The summed E-state index contributed by atoms with van der Waals surface area (Å²) in [6.07, 6.45) is 5.33. The van der Waals surface area contributed by atoms with E-state index in [2.05, 4.69) is 40.3 Å². The minimum absolute atomic E-state index is 0.0977. The van der Waals surface area contributed by atoms with Crippen molar-refractivity contribution in [2.45, 2.75) is 70.3 Å². The summed E-state index contributed by atoms with van der Waals surface area (Å²) in [5.41, 5.74) is 6.32. The summed E-state index contributed by atoms with van der Waals surface area (Å²) < 4.78 is 5.68. The number of ether oxygens (including phenoxy) is 1. The van der Waals surface area contributed by atoms with Crippen LogP contribution in [0.3, 0.4) is 0 Å². The highest BCUT2D eigenvalue weighted by Gasteiger charge is 2.47. The molecule has 0 saturated carbocycles. The van der Waals surface area contributed by atoms with Gasteiger partial charge in [0.1, 0.15) is 17.7 Å². The fourth-order valence-corrected chi connectivity index (χ4v) is 6.57. The third kappa shape index (κ3) is 4.93. The van der Waals surface area contributed by atoms with Crippen LogP contribution in [0.5, 0.6) is 0 Å². The molecule has 3 aliphatic rings. The number of rotatable bonds is 3. The highest BCUT2D eigenvalue weighted by Crippen LogP contribution is 2.52. The Balaban J connectivity index is 1.36. The van der Waals surface area contributed by atoms with Crippen LogP contribution in [0.2, 0.25) is 5.02 Å². The zero-order chi connectivity index (χ0) is 27.4. The number of nitrogens with zero attached hydrogens (tertiary/aromatic N) is 4. The van der Waals surface area contributed by atoms with Gasteiger partial charge in [0.25, 0.3) is 0 Å².